The summed E-state index contributed by atoms with van der Waals surface area (Å²) in [6.45, 7) is 4.09. The van der Waals surface area contributed by atoms with E-state index in [0.717, 1.165) is 39.4 Å². The Morgan fingerprint density at radius 2 is 1.86 bits per heavy atom. The third-order valence-electron chi connectivity index (χ3n) is 5.86. The maximum absolute atomic E-state index is 12.6. The zero-order chi connectivity index (χ0) is 25.8. The minimum absolute atomic E-state index is 0.0390. The zero-order valence-corrected chi connectivity index (χ0v) is 21.7. The van der Waals surface area contributed by atoms with Crippen molar-refractivity contribution < 1.29 is 19.0 Å². The Bertz CT molecular complexity index is 1390. The molecule has 0 aliphatic carbocycles. The summed E-state index contributed by atoms with van der Waals surface area (Å²) in [5.41, 5.74) is 4.96. The second kappa shape index (κ2) is 10.8. The van der Waals surface area contributed by atoms with E-state index in [4.69, 9.17) is 30.8 Å². The summed E-state index contributed by atoms with van der Waals surface area (Å²) in [6, 6.07) is 17.0. The van der Waals surface area contributed by atoms with Crippen molar-refractivity contribution >= 4 is 51.6 Å². The molecule has 3 aromatic carbocycles. The Labute approximate surface area is 215 Å². The number of ether oxygens (including phenoxy) is 3. The molecule has 0 unspecified atom stereocenters. The number of aryl methyl sites for hydroxylation is 2. The fourth-order valence-corrected chi connectivity index (χ4v) is 4.40. The van der Waals surface area contributed by atoms with Crippen LogP contribution >= 0.6 is 11.6 Å². The van der Waals surface area contributed by atoms with E-state index in [9.17, 15) is 4.79 Å². The zero-order valence-electron chi connectivity index (χ0n) is 21.0. The summed E-state index contributed by atoms with van der Waals surface area (Å²) in [5.74, 6) is 1.64. The number of anilines is 4. The number of methoxy groups -OCH3 is 2. The third-order valence-corrected chi connectivity index (χ3v) is 6.08. The van der Waals surface area contributed by atoms with Gasteiger partial charge in [-0.1, -0.05) is 17.7 Å². The molecule has 0 radical (unpaired) electrons. The minimum Gasteiger partial charge on any atom is -0.497 e. The number of aromatic nitrogens is 2. The number of hydrogen-bond donors (Lipinski definition) is 1. The number of esters is 1. The van der Waals surface area contributed by atoms with Gasteiger partial charge in [-0.25, -0.2) is 4.98 Å². The lowest BCUT2D eigenvalue weighted by Crippen LogP contribution is -2.27. The highest BCUT2D eigenvalue weighted by molar-refractivity contribution is 6.31. The number of nitrogens with one attached hydrogen (secondary N) is 1. The van der Waals surface area contributed by atoms with Crippen LogP contribution in [0.4, 0.5) is 23.0 Å². The van der Waals surface area contributed by atoms with Crippen LogP contribution in [-0.2, 0) is 16.6 Å². The lowest BCUT2D eigenvalue weighted by Gasteiger charge is -2.25. The van der Waals surface area contributed by atoms with Gasteiger partial charge < -0.3 is 29.0 Å². The smallest absolute Gasteiger partial charge is 0.325 e. The van der Waals surface area contributed by atoms with E-state index in [1.165, 1.54) is 0 Å². The second-order valence-electron chi connectivity index (χ2n) is 8.15. The highest BCUT2D eigenvalue weighted by Gasteiger charge is 2.21. The van der Waals surface area contributed by atoms with Crippen molar-refractivity contribution in [1.82, 2.24) is 9.55 Å². The molecule has 1 aromatic heterocycles. The van der Waals surface area contributed by atoms with Gasteiger partial charge in [0.2, 0.25) is 5.95 Å². The van der Waals surface area contributed by atoms with Crippen LogP contribution in [0.3, 0.4) is 0 Å². The maximum atomic E-state index is 12.6. The molecule has 1 heterocycles. The van der Waals surface area contributed by atoms with E-state index < -0.39 is 0 Å². The fraction of sp³-hybridized carbons (Fsp3) is 0.259. The SMILES string of the molecule is CCOC(=O)CN(c1ccc(OC)cc1)c1cccc2nc(Nc3c(C)cc(Cl)cc3OC)n(C)c12. The van der Waals surface area contributed by atoms with E-state index in [-0.39, 0.29) is 12.5 Å². The van der Waals surface area contributed by atoms with Crippen LogP contribution in [0.5, 0.6) is 11.5 Å². The largest absolute Gasteiger partial charge is 0.497 e. The normalized spacial score (nSPS) is 10.8. The maximum Gasteiger partial charge on any atom is 0.325 e. The summed E-state index contributed by atoms with van der Waals surface area (Å²) in [7, 11) is 5.15. The first kappa shape index (κ1) is 25.2. The van der Waals surface area contributed by atoms with Gasteiger partial charge in [-0.2, -0.15) is 0 Å². The van der Waals surface area contributed by atoms with E-state index in [2.05, 4.69) is 5.32 Å². The van der Waals surface area contributed by atoms with E-state index >= 15 is 0 Å². The molecule has 4 aromatic rings. The van der Waals surface area contributed by atoms with Crippen LogP contribution in [-0.4, -0.2) is 42.9 Å². The molecule has 0 fully saturated rings. The van der Waals surface area contributed by atoms with Crippen LogP contribution < -0.4 is 19.7 Å². The Kier molecular flexibility index (Phi) is 7.55. The Balaban J connectivity index is 1.82. The topological polar surface area (TPSA) is 77.8 Å². The highest BCUT2D eigenvalue weighted by atomic mass is 35.5. The fourth-order valence-electron chi connectivity index (χ4n) is 4.14. The molecular formula is C27H29ClN4O4. The minimum atomic E-state index is -0.327. The Hall–Kier alpha value is -3.91. The summed E-state index contributed by atoms with van der Waals surface area (Å²) in [6.07, 6.45) is 0. The number of benzene rings is 3. The van der Waals surface area contributed by atoms with Crippen molar-refractivity contribution in [3.8, 4) is 11.5 Å². The predicted octanol–water partition coefficient (Wildman–Crippen LogP) is 6.00. The molecule has 188 valence electrons. The average molecular weight is 509 g/mol. The first-order chi connectivity index (χ1) is 17.4. The molecule has 0 bridgehead atoms. The van der Waals surface area contributed by atoms with Crippen molar-refractivity contribution in [3.63, 3.8) is 0 Å². The molecule has 0 aliphatic heterocycles. The van der Waals surface area contributed by atoms with Gasteiger partial charge >= 0.3 is 5.97 Å². The molecule has 0 saturated carbocycles. The average Bonchev–Trinajstić information content (AvgIpc) is 3.19. The third kappa shape index (κ3) is 5.04. The van der Waals surface area contributed by atoms with Crippen LogP contribution in [0.15, 0.2) is 54.6 Å². The van der Waals surface area contributed by atoms with Gasteiger partial charge in [0.15, 0.2) is 0 Å². The standard InChI is InChI=1S/C27H29ClN4O4/c1-6-36-24(33)16-32(19-10-12-20(34-4)13-11-19)22-9-7-8-21-26(22)31(3)27(29-21)30-25-17(2)14-18(28)15-23(25)35-5/h7-15H,6,16H2,1-5H3,(H,29,30). The number of imidazole rings is 1. The molecular weight excluding hydrogens is 480 g/mol. The first-order valence-electron chi connectivity index (χ1n) is 11.5. The predicted molar refractivity (Wildman–Crippen MR) is 143 cm³/mol. The first-order valence-corrected chi connectivity index (χ1v) is 11.9. The lowest BCUT2D eigenvalue weighted by molar-refractivity contribution is -0.141. The Morgan fingerprint density at radius 3 is 2.53 bits per heavy atom. The molecule has 0 aliphatic rings. The van der Waals surface area contributed by atoms with Gasteiger partial charge in [-0.05, 0) is 61.9 Å². The summed E-state index contributed by atoms with van der Waals surface area (Å²) >= 11 is 6.22. The molecule has 36 heavy (non-hydrogen) atoms. The number of nitrogens with zero attached hydrogens (tertiary/aromatic N) is 3. The van der Waals surface area contributed by atoms with Crippen molar-refractivity contribution in [2.75, 3.05) is 37.6 Å². The molecule has 0 atom stereocenters. The van der Waals surface area contributed by atoms with E-state index in [1.807, 2.05) is 72.0 Å². The van der Waals surface area contributed by atoms with Gasteiger partial charge in [0, 0.05) is 23.8 Å². The highest BCUT2D eigenvalue weighted by Crippen LogP contribution is 2.37. The molecule has 0 saturated heterocycles. The van der Waals surface area contributed by atoms with Crippen LogP contribution in [0.25, 0.3) is 11.0 Å². The summed E-state index contributed by atoms with van der Waals surface area (Å²) in [5, 5.41) is 3.99. The van der Waals surface area contributed by atoms with E-state index in [1.54, 1.807) is 27.2 Å². The number of halogens is 1. The molecule has 0 spiro atoms. The van der Waals surface area contributed by atoms with Gasteiger partial charge in [-0.3, -0.25) is 4.79 Å². The van der Waals surface area contributed by atoms with Crippen molar-refractivity contribution in [1.29, 1.82) is 0 Å². The molecule has 4 rings (SSSR count). The summed E-state index contributed by atoms with van der Waals surface area (Å²) in [4.78, 5) is 19.3. The van der Waals surface area contributed by atoms with Gasteiger partial charge in [-0.15, -0.1) is 0 Å². The molecule has 9 heteroatoms. The number of para-hydroxylation sites is 1. The van der Waals surface area contributed by atoms with Crippen LogP contribution in [0, 0.1) is 6.92 Å². The number of carbonyl (C=O) groups excluding carboxylic acids is 1. The number of fused-ring (bicyclic) bond motifs is 1. The second-order valence-corrected chi connectivity index (χ2v) is 8.59. The van der Waals surface area contributed by atoms with Gasteiger partial charge in [0.25, 0.3) is 0 Å². The molecule has 8 nitrogen and oxygen atoms in total. The number of rotatable bonds is 9. The molecule has 0 amide bonds. The number of carbonyl (C=O) groups is 1. The van der Waals surface area contributed by atoms with Crippen molar-refractivity contribution in [2.24, 2.45) is 7.05 Å². The molecule has 1 N–H and O–H groups in total. The van der Waals surface area contributed by atoms with Gasteiger partial charge in [0.05, 0.1) is 43.2 Å². The van der Waals surface area contributed by atoms with E-state index in [0.29, 0.717) is 23.3 Å². The monoisotopic (exact) mass is 508 g/mol. The summed E-state index contributed by atoms with van der Waals surface area (Å²) < 4.78 is 18.1. The lowest BCUT2D eigenvalue weighted by atomic mass is 10.2. The Morgan fingerprint density at radius 1 is 1.11 bits per heavy atom. The number of hydrogen-bond acceptors (Lipinski definition) is 7. The van der Waals surface area contributed by atoms with Crippen molar-refractivity contribution in [3.05, 3.63) is 65.2 Å². The van der Waals surface area contributed by atoms with Crippen LogP contribution in [0.1, 0.15) is 12.5 Å². The van der Waals surface area contributed by atoms with Crippen LogP contribution in [0.2, 0.25) is 5.02 Å². The quantitative estimate of drug-likeness (QED) is 0.278. The van der Waals surface area contributed by atoms with Crippen molar-refractivity contribution in [2.45, 2.75) is 13.8 Å². The van der Waals surface area contributed by atoms with Gasteiger partial charge in [0.1, 0.15) is 18.0 Å².